The van der Waals surface area contributed by atoms with E-state index in [2.05, 4.69) is 26.1 Å². The summed E-state index contributed by atoms with van der Waals surface area (Å²) in [6, 6.07) is 0.323. The molecule has 0 heterocycles. The number of aliphatic carboxylic acids is 1. The number of carbonyl (C=O) groups is 1. The van der Waals surface area contributed by atoms with E-state index in [0.29, 0.717) is 18.5 Å². The van der Waals surface area contributed by atoms with E-state index in [4.69, 9.17) is 5.11 Å². The van der Waals surface area contributed by atoms with E-state index in [-0.39, 0.29) is 6.42 Å². The molecule has 0 spiro atoms. The summed E-state index contributed by atoms with van der Waals surface area (Å²) in [6.45, 7) is 6.74. The largest absolute Gasteiger partial charge is 0.481 e. The predicted molar refractivity (Wildman–Crippen MR) is 59.8 cm³/mol. The Morgan fingerprint density at radius 1 is 1.40 bits per heavy atom. The van der Waals surface area contributed by atoms with Gasteiger partial charge in [-0.05, 0) is 19.3 Å². The zero-order chi connectivity index (χ0) is 11.8. The third-order valence-corrected chi connectivity index (χ3v) is 2.57. The van der Waals surface area contributed by atoms with Gasteiger partial charge in [-0.25, -0.2) is 0 Å². The minimum absolute atomic E-state index is 0.191. The number of aliphatic hydroxyl groups excluding tert-OH is 1. The fourth-order valence-corrected chi connectivity index (χ4v) is 1.46. The fraction of sp³-hybridized carbons (Fsp3) is 0.909. The maximum absolute atomic E-state index is 10.3. The van der Waals surface area contributed by atoms with Gasteiger partial charge in [0, 0.05) is 12.6 Å². The second kappa shape index (κ2) is 7.65. The third kappa shape index (κ3) is 8.39. The van der Waals surface area contributed by atoms with Crippen LogP contribution in [-0.4, -0.2) is 34.9 Å². The highest BCUT2D eigenvalue weighted by Gasteiger charge is 2.12. The lowest BCUT2D eigenvalue weighted by Gasteiger charge is -2.19. The van der Waals surface area contributed by atoms with Crippen LogP contribution in [0.4, 0.5) is 0 Å². The van der Waals surface area contributed by atoms with Crippen molar-refractivity contribution in [3.05, 3.63) is 0 Å². The Balaban J connectivity index is 3.61. The van der Waals surface area contributed by atoms with E-state index >= 15 is 0 Å². The van der Waals surface area contributed by atoms with Crippen LogP contribution in [0.25, 0.3) is 0 Å². The fourth-order valence-electron chi connectivity index (χ4n) is 1.46. The van der Waals surface area contributed by atoms with Crippen LogP contribution in [0.5, 0.6) is 0 Å². The number of nitrogens with one attached hydrogen (secondary N) is 1. The van der Waals surface area contributed by atoms with Gasteiger partial charge in [-0.3, -0.25) is 4.79 Å². The number of carboxylic acid groups (broad SMARTS) is 1. The van der Waals surface area contributed by atoms with Crippen molar-refractivity contribution in [2.45, 2.75) is 52.2 Å². The second-order valence-corrected chi connectivity index (χ2v) is 4.31. The summed E-state index contributed by atoms with van der Waals surface area (Å²) in [5.74, 6) is -0.303. The van der Waals surface area contributed by atoms with Gasteiger partial charge in [0.1, 0.15) is 0 Å². The highest BCUT2D eigenvalue weighted by atomic mass is 16.4. The van der Waals surface area contributed by atoms with Crippen LogP contribution in [0.15, 0.2) is 0 Å². The van der Waals surface area contributed by atoms with Gasteiger partial charge in [-0.15, -0.1) is 0 Å². The minimum Gasteiger partial charge on any atom is -0.481 e. The van der Waals surface area contributed by atoms with E-state index < -0.39 is 12.1 Å². The van der Waals surface area contributed by atoms with Gasteiger partial charge >= 0.3 is 5.97 Å². The minimum atomic E-state index is -0.959. The molecule has 0 saturated heterocycles. The Morgan fingerprint density at radius 3 is 2.47 bits per heavy atom. The van der Waals surface area contributed by atoms with Crippen LogP contribution < -0.4 is 5.32 Å². The predicted octanol–water partition coefficient (Wildman–Crippen LogP) is 1.24. The highest BCUT2D eigenvalue weighted by molar-refractivity contribution is 5.67. The molecule has 0 aliphatic heterocycles. The maximum Gasteiger partial charge on any atom is 0.306 e. The lowest BCUT2D eigenvalue weighted by Crippen LogP contribution is -2.35. The molecule has 4 nitrogen and oxygen atoms in total. The molecule has 90 valence electrons. The summed E-state index contributed by atoms with van der Waals surface area (Å²) >= 11 is 0. The summed E-state index contributed by atoms with van der Waals surface area (Å²) in [4.78, 5) is 10.3. The molecule has 0 aromatic rings. The molecule has 0 rings (SSSR count). The molecule has 15 heavy (non-hydrogen) atoms. The van der Waals surface area contributed by atoms with Crippen molar-refractivity contribution in [1.29, 1.82) is 0 Å². The van der Waals surface area contributed by atoms with Crippen LogP contribution in [-0.2, 0) is 4.79 Å². The molecule has 0 bridgehead atoms. The van der Waals surface area contributed by atoms with E-state index in [9.17, 15) is 9.90 Å². The van der Waals surface area contributed by atoms with Crippen LogP contribution in [0.1, 0.15) is 40.0 Å². The Hall–Kier alpha value is -0.610. The molecule has 0 radical (unpaired) electrons. The molecule has 0 amide bonds. The van der Waals surface area contributed by atoms with Crippen LogP contribution >= 0.6 is 0 Å². The summed E-state index contributed by atoms with van der Waals surface area (Å²) in [6.07, 6.45) is 1.21. The quantitative estimate of drug-likeness (QED) is 0.572. The number of carboxylic acids is 1. The molecule has 0 aliphatic carbocycles. The van der Waals surface area contributed by atoms with E-state index in [1.54, 1.807) is 0 Å². The normalized spacial score (nSPS) is 17.1. The first-order chi connectivity index (χ1) is 6.95. The smallest absolute Gasteiger partial charge is 0.306 e. The van der Waals surface area contributed by atoms with Crippen molar-refractivity contribution in [1.82, 2.24) is 5.32 Å². The average molecular weight is 217 g/mol. The van der Waals surface area contributed by atoms with Crippen molar-refractivity contribution in [2.75, 3.05) is 6.54 Å². The summed E-state index contributed by atoms with van der Waals surface area (Å²) in [5, 5.41) is 20.9. The Bertz CT molecular complexity index is 185. The first-order valence-electron chi connectivity index (χ1n) is 5.58. The molecular formula is C11H23NO3. The first kappa shape index (κ1) is 14.4. The average Bonchev–Trinajstić information content (AvgIpc) is 2.13. The number of hydrogen-bond donors (Lipinski definition) is 3. The van der Waals surface area contributed by atoms with Crippen molar-refractivity contribution in [2.24, 2.45) is 5.92 Å². The SMILES string of the molecule is CCC(C)CC(C)NCC(O)CC(=O)O. The standard InChI is InChI=1S/C11H23NO3/c1-4-8(2)5-9(3)12-7-10(13)6-11(14)15/h8-10,12-13H,4-7H2,1-3H3,(H,14,15). The second-order valence-electron chi connectivity index (χ2n) is 4.31. The summed E-state index contributed by atoms with van der Waals surface area (Å²) in [7, 11) is 0. The molecule has 0 aliphatic rings. The molecule has 0 saturated carbocycles. The molecule has 3 N–H and O–H groups in total. The molecule has 0 aromatic carbocycles. The lowest BCUT2D eigenvalue weighted by atomic mass is 10.0. The molecular weight excluding hydrogens is 194 g/mol. The van der Waals surface area contributed by atoms with Gasteiger partial charge in [0.15, 0.2) is 0 Å². The van der Waals surface area contributed by atoms with Gasteiger partial charge in [0.05, 0.1) is 12.5 Å². The lowest BCUT2D eigenvalue weighted by molar-refractivity contribution is -0.139. The third-order valence-electron chi connectivity index (χ3n) is 2.57. The van der Waals surface area contributed by atoms with Gasteiger partial charge in [0.2, 0.25) is 0 Å². The molecule has 4 heteroatoms. The van der Waals surface area contributed by atoms with Gasteiger partial charge in [-0.2, -0.15) is 0 Å². The Morgan fingerprint density at radius 2 is 2.00 bits per heavy atom. The molecule has 3 atom stereocenters. The Kier molecular flexibility index (Phi) is 7.34. The van der Waals surface area contributed by atoms with Crippen molar-refractivity contribution in [3.63, 3.8) is 0 Å². The first-order valence-corrected chi connectivity index (χ1v) is 5.58. The van der Waals surface area contributed by atoms with Crippen LogP contribution in [0.3, 0.4) is 0 Å². The molecule has 3 unspecified atom stereocenters. The van der Waals surface area contributed by atoms with Crippen LogP contribution in [0, 0.1) is 5.92 Å². The monoisotopic (exact) mass is 217 g/mol. The van der Waals surface area contributed by atoms with Gasteiger partial charge in [-0.1, -0.05) is 20.3 Å². The van der Waals surface area contributed by atoms with E-state index in [1.807, 2.05) is 0 Å². The summed E-state index contributed by atoms with van der Waals surface area (Å²) in [5.41, 5.74) is 0. The van der Waals surface area contributed by atoms with Crippen molar-refractivity contribution >= 4 is 5.97 Å². The van der Waals surface area contributed by atoms with E-state index in [1.165, 1.54) is 0 Å². The zero-order valence-electron chi connectivity index (χ0n) is 9.86. The van der Waals surface area contributed by atoms with Crippen molar-refractivity contribution in [3.8, 4) is 0 Å². The van der Waals surface area contributed by atoms with Gasteiger partial charge < -0.3 is 15.5 Å². The number of aliphatic hydroxyl groups is 1. The van der Waals surface area contributed by atoms with E-state index in [0.717, 1.165) is 12.8 Å². The molecule has 0 fully saturated rings. The number of rotatable bonds is 8. The summed E-state index contributed by atoms with van der Waals surface area (Å²) < 4.78 is 0. The molecule has 0 aromatic heterocycles. The van der Waals surface area contributed by atoms with Crippen LogP contribution in [0.2, 0.25) is 0 Å². The van der Waals surface area contributed by atoms with Gasteiger partial charge in [0.25, 0.3) is 0 Å². The number of hydrogen-bond acceptors (Lipinski definition) is 3. The topological polar surface area (TPSA) is 69.6 Å². The Labute approximate surface area is 91.7 Å². The zero-order valence-corrected chi connectivity index (χ0v) is 9.86. The van der Waals surface area contributed by atoms with Crippen molar-refractivity contribution < 1.29 is 15.0 Å². The maximum atomic E-state index is 10.3. The highest BCUT2D eigenvalue weighted by Crippen LogP contribution is 2.09.